The maximum atomic E-state index is 12.2. The van der Waals surface area contributed by atoms with Crippen LogP contribution >= 0.6 is 0 Å². The molecule has 0 aliphatic heterocycles. The summed E-state index contributed by atoms with van der Waals surface area (Å²) >= 11 is 0. The number of carbonyl (C=O) groups is 1. The quantitative estimate of drug-likeness (QED) is 0.911. The van der Waals surface area contributed by atoms with Crippen molar-refractivity contribution in [3.63, 3.8) is 0 Å². The summed E-state index contributed by atoms with van der Waals surface area (Å²) in [7, 11) is -3.89. The van der Waals surface area contributed by atoms with E-state index in [4.69, 9.17) is 4.52 Å². The lowest BCUT2D eigenvalue weighted by molar-refractivity contribution is -0.115. The lowest BCUT2D eigenvalue weighted by Crippen LogP contribution is -2.09. The molecule has 1 aromatic heterocycles. The molecule has 1 amide bonds. The summed E-state index contributed by atoms with van der Waals surface area (Å²) in [6.45, 7) is 5.12. The van der Waals surface area contributed by atoms with Crippen molar-refractivity contribution in [3.8, 4) is 0 Å². The van der Waals surface area contributed by atoms with E-state index in [0.29, 0.717) is 23.4 Å². The number of carbonyl (C=O) groups excluding carboxylic acids is 1. The van der Waals surface area contributed by atoms with Crippen LogP contribution in [0.1, 0.15) is 24.6 Å². The Labute approximate surface area is 128 Å². The van der Waals surface area contributed by atoms with E-state index in [1.807, 2.05) is 0 Å². The Kier molecular flexibility index (Phi) is 4.51. The van der Waals surface area contributed by atoms with Gasteiger partial charge in [-0.05, 0) is 43.7 Å². The molecular weight excluding hydrogens is 306 g/mol. The van der Waals surface area contributed by atoms with E-state index in [2.05, 4.69) is 15.2 Å². The van der Waals surface area contributed by atoms with Crippen molar-refractivity contribution in [2.45, 2.75) is 32.1 Å². The smallest absolute Gasteiger partial charge is 0.224 e. The Morgan fingerprint density at radius 1 is 1.27 bits per heavy atom. The number of hydrogen-bond donors (Lipinski definition) is 1. The van der Waals surface area contributed by atoms with Crippen LogP contribution in [0.2, 0.25) is 0 Å². The van der Waals surface area contributed by atoms with Gasteiger partial charge in [-0.1, -0.05) is 12.1 Å². The molecule has 118 valence electrons. The number of nitrogens with zero attached hydrogens (tertiary/aromatic N) is 2. The van der Waals surface area contributed by atoms with Crippen molar-refractivity contribution in [1.82, 2.24) is 5.16 Å². The largest absolute Gasteiger partial charge is 0.539 e. The fraction of sp³-hybridized carbons (Fsp3) is 0.286. The minimum Gasteiger partial charge on any atom is -0.539 e. The molecular formula is C14H16N3O4S-. The molecule has 7 nitrogen and oxygen atoms in total. The van der Waals surface area contributed by atoms with Gasteiger partial charge in [-0.2, -0.15) is 0 Å². The lowest BCUT2D eigenvalue weighted by Gasteiger charge is -2.19. The highest BCUT2D eigenvalue weighted by molar-refractivity contribution is 7.94. The second-order valence-corrected chi connectivity index (χ2v) is 6.29. The van der Waals surface area contributed by atoms with Crippen LogP contribution in [0.25, 0.3) is 4.72 Å². The molecule has 0 radical (unpaired) electrons. The third-order valence-corrected chi connectivity index (χ3v) is 4.37. The molecule has 0 unspecified atom stereocenters. The van der Waals surface area contributed by atoms with Crippen LogP contribution in [-0.2, 0) is 14.8 Å². The van der Waals surface area contributed by atoms with E-state index in [-0.39, 0.29) is 16.7 Å². The minimum absolute atomic E-state index is 0.00968. The number of anilines is 1. The van der Waals surface area contributed by atoms with Gasteiger partial charge in [-0.25, -0.2) is 8.42 Å². The van der Waals surface area contributed by atoms with Gasteiger partial charge in [0.1, 0.15) is 10.0 Å². The Bertz CT molecular complexity index is 779. The maximum Gasteiger partial charge on any atom is 0.224 e. The minimum atomic E-state index is -3.89. The first-order valence-corrected chi connectivity index (χ1v) is 8.08. The number of nitrogens with one attached hydrogen (secondary N) is 1. The fourth-order valence-corrected chi connectivity index (χ4v) is 2.58. The van der Waals surface area contributed by atoms with Crippen molar-refractivity contribution in [1.29, 1.82) is 0 Å². The van der Waals surface area contributed by atoms with Crippen molar-refractivity contribution >= 4 is 27.5 Å². The number of aryl methyl sites for hydroxylation is 1. The van der Waals surface area contributed by atoms with E-state index in [1.165, 1.54) is 24.3 Å². The van der Waals surface area contributed by atoms with Gasteiger partial charge in [0.2, 0.25) is 5.91 Å². The number of sulfonamides is 1. The third-order valence-electron chi connectivity index (χ3n) is 3.09. The predicted molar refractivity (Wildman–Crippen MR) is 81.5 cm³/mol. The molecule has 0 saturated heterocycles. The Balaban J connectivity index is 2.19. The van der Waals surface area contributed by atoms with Crippen molar-refractivity contribution < 1.29 is 17.7 Å². The SMILES string of the molecule is CCC(=O)Nc1ccc(S(=O)(=O)[N-]c2onc(C)c2C)cc1. The molecule has 0 fully saturated rings. The summed E-state index contributed by atoms with van der Waals surface area (Å²) in [5.74, 6) is -0.172. The highest BCUT2D eigenvalue weighted by Gasteiger charge is 2.09. The fourth-order valence-electron chi connectivity index (χ4n) is 1.61. The Morgan fingerprint density at radius 2 is 1.91 bits per heavy atom. The van der Waals surface area contributed by atoms with Crippen LogP contribution in [0.3, 0.4) is 0 Å². The third kappa shape index (κ3) is 3.45. The molecule has 2 aromatic rings. The van der Waals surface area contributed by atoms with Crippen LogP contribution < -0.4 is 5.32 Å². The summed E-state index contributed by atoms with van der Waals surface area (Å²) in [4.78, 5) is 11.3. The van der Waals surface area contributed by atoms with Crippen LogP contribution in [0.5, 0.6) is 0 Å². The standard InChI is InChI=1S/C14H17N3O4S/c1-4-13(18)15-11-5-7-12(8-6-11)22(19,20)17-14-9(2)10(3)16-21-14/h5-8H,4H2,1-3H3,(H2,15,16,17,18)/p-1. The van der Waals surface area contributed by atoms with Gasteiger partial charge < -0.3 is 14.6 Å². The first kappa shape index (κ1) is 16.0. The van der Waals surface area contributed by atoms with Gasteiger partial charge in [0, 0.05) is 12.1 Å². The zero-order valence-electron chi connectivity index (χ0n) is 12.5. The van der Waals surface area contributed by atoms with Crippen molar-refractivity contribution in [2.24, 2.45) is 0 Å². The second-order valence-electron chi connectivity index (χ2n) is 4.69. The number of rotatable bonds is 5. The summed E-state index contributed by atoms with van der Waals surface area (Å²) in [5.41, 5.74) is 1.69. The predicted octanol–water partition coefficient (Wildman–Crippen LogP) is 3.03. The molecule has 0 saturated carbocycles. The van der Waals surface area contributed by atoms with Gasteiger partial charge in [0.25, 0.3) is 0 Å². The van der Waals surface area contributed by atoms with E-state index in [0.717, 1.165) is 0 Å². The molecule has 0 aliphatic carbocycles. The maximum absolute atomic E-state index is 12.2. The van der Waals surface area contributed by atoms with E-state index < -0.39 is 10.0 Å². The summed E-state index contributed by atoms with van der Waals surface area (Å²) in [6.07, 6.45) is 0.347. The number of aromatic nitrogens is 1. The molecule has 1 heterocycles. The Hall–Kier alpha value is -2.35. The van der Waals surface area contributed by atoms with Crippen molar-refractivity contribution in [2.75, 3.05) is 5.32 Å². The van der Waals surface area contributed by atoms with Crippen LogP contribution in [0.4, 0.5) is 11.6 Å². The number of hydrogen-bond acceptors (Lipinski definition) is 5. The zero-order chi connectivity index (χ0) is 16.3. The lowest BCUT2D eigenvalue weighted by atomic mass is 10.3. The average Bonchev–Trinajstić information content (AvgIpc) is 2.79. The van der Waals surface area contributed by atoms with E-state index in [9.17, 15) is 13.2 Å². The van der Waals surface area contributed by atoms with Gasteiger partial charge >= 0.3 is 0 Å². The van der Waals surface area contributed by atoms with Gasteiger partial charge in [-0.15, -0.1) is 0 Å². The highest BCUT2D eigenvalue weighted by atomic mass is 32.2. The summed E-state index contributed by atoms with van der Waals surface area (Å²) in [5, 5.41) is 6.31. The molecule has 0 bridgehead atoms. The number of benzene rings is 1. The molecule has 0 spiro atoms. The normalized spacial score (nSPS) is 11.2. The van der Waals surface area contributed by atoms with Crippen LogP contribution in [0.15, 0.2) is 33.7 Å². The topological polar surface area (TPSA) is 103 Å². The van der Waals surface area contributed by atoms with Crippen LogP contribution in [-0.4, -0.2) is 19.5 Å². The molecule has 2 rings (SSSR count). The summed E-state index contributed by atoms with van der Waals surface area (Å²) < 4.78 is 33.0. The zero-order valence-corrected chi connectivity index (χ0v) is 13.3. The first-order chi connectivity index (χ1) is 10.3. The van der Waals surface area contributed by atoms with Gasteiger partial charge in [0.05, 0.1) is 16.5 Å². The molecule has 22 heavy (non-hydrogen) atoms. The Morgan fingerprint density at radius 3 is 2.41 bits per heavy atom. The monoisotopic (exact) mass is 322 g/mol. The van der Waals surface area contributed by atoms with Gasteiger partial charge in [0.15, 0.2) is 0 Å². The van der Waals surface area contributed by atoms with E-state index in [1.54, 1.807) is 20.8 Å². The second kappa shape index (κ2) is 6.18. The molecule has 1 aromatic carbocycles. The molecule has 0 aliphatic rings. The number of amides is 1. The van der Waals surface area contributed by atoms with Gasteiger partial charge in [-0.3, -0.25) is 4.79 Å². The first-order valence-electron chi connectivity index (χ1n) is 6.64. The summed E-state index contributed by atoms with van der Waals surface area (Å²) in [6, 6.07) is 5.77. The average molecular weight is 322 g/mol. The molecule has 8 heteroatoms. The molecule has 1 N–H and O–H groups in total. The van der Waals surface area contributed by atoms with Crippen molar-refractivity contribution in [3.05, 3.63) is 40.2 Å². The van der Waals surface area contributed by atoms with Crippen LogP contribution in [0, 0.1) is 13.8 Å². The molecule has 0 atom stereocenters. The highest BCUT2D eigenvalue weighted by Crippen LogP contribution is 2.32. The van der Waals surface area contributed by atoms with E-state index >= 15 is 0 Å².